The van der Waals surface area contributed by atoms with E-state index in [1.165, 1.54) is 7.11 Å². The second-order valence-electron chi connectivity index (χ2n) is 5.28. The zero-order valence-electron chi connectivity index (χ0n) is 12.8. The number of rotatable bonds is 3. The summed E-state index contributed by atoms with van der Waals surface area (Å²) in [6.45, 7) is 5.85. The maximum atomic E-state index is 11.4. The number of nitrogens with zero attached hydrogens (tertiary/aromatic N) is 1. The van der Waals surface area contributed by atoms with Gasteiger partial charge < -0.3 is 20.5 Å². The number of nitrogens with one attached hydrogen (secondary N) is 1. The first-order valence-electron chi connectivity index (χ1n) is 6.58. The molecule has 1 aromatic rings. The fourth-order valence-corrected chi connectivity index (χ4v) is 1.38. The highest BCUT2D eigenvalue weighted by Crippen LogP contribution is 2.16. The summed E-state index contributed by atoms with van der Waals surface area (Å²) in [5.41, 5.74) is 6.20. The Morgan fingerprint density at radius 1 is 1.43 bits per heavy atom. The first-order valence-corrected chi connectivity index (χ1v) is 6.58. The molecule has 1 heterocycles. The number of amides is 1. The van der Waals surface area contributed by atoms with Crippen LogP contribution in [0.5, 0.6) is 5.88 Å². The summed E-state index contributed by atoms with van der Waals surface area (Å²) in [6.07, 6.45) is 0.0461. The Morgan fingerprint density at radius 2 is 2.14 bits per heavy atom. The number of carbonyl (C=O) groups is 1. The molecule has 0 radical (unpaired) electrons. The molecule has 3 N–H and O–H groups in total. The molecule has 0 spiro atoms. The molecular weight excluding hydrogens is 270 g/mol. The Kier molecular flexibility index (Phi) is 5.85. The van der Waals surface area contributed by atoms with Gasteiger partial charge in [-0.1, -0.05) is 5.92 Å². The molecule has 0 bridgehead atoms. The summed E-state index contributed by atoms with van der Waals surface area (Å²) in [6, 6.07) is 3.40. The maximum absolute atomic E-state index is 11.4. The minimum Gasteiger partial charge on any atom is -0.479 e. The van der Waals surface area contributed by atoms with Crippen LogP contribution < -0.4 is 15.8 Å². The number of nitrogen functional groups attached to an aromatic ring is 1. The van der Waals surface area contributed by atoms with Crippen molar-refractivity contribution in [3.8, 4) is 17.7 Å². The van der Waals surface area contributed by atoms with Gasteiger partial charge in [-0.2, -0.15) is 0 Å². The fourth-order valence-electron chi connectivity index (χ4n) is 1.38. The van der Waals surface area contributed by atoms with Crippen LogP contribution in [0.1, 0.15) is 32.9 Å². The Bertz CT molecular complexity index is 554. The smallest absolute Gasteiger partial charge is 0.407 e. The summed E-state index contributed by atoms with van der Waals surface area (Å²) in [7, 11) is 1.50. The first-order chi connectivity index (χ1) is 9.81. The van der Waals surface area contributed by atoms with E-state index in [0.717, 1.165) is 0 Å². The average molecular weight is 291 g/mol. The Morgan fingerprint density at radius 3 is 2.76 bits per heavy atom. The molecule has 0 saturated heterocycles. The van der Waals surface area contributed by atoms with Gasteiger partial charge in [0, 0.05) is 13.0 Å². The quantitative estimate of drug-likeness (QED) is 0.656. The van der Waals surface area contributed by atoms with E-state index in [1.54, 1.807) is 12.1 Å². The topological polar surface area (TPSA) is 86.5 Å². The molecule has 21 heavy (non-hydrogen) atoms. The first kappa shape index (κ1) is 16.6. The van der Waals surface area contributed by atoms with Crippen LogP contribution in [0.4, 0.5) is 10.5 Å². The predicted molar refractivity (Wildman–Crippen MR) is 80.9 cm³/mol. The number of pyridine rings is 1. The Hall–Kier alpha value is -2.42. The molecule has 0 unspecified atom stereocenters. The number of alkyl carbamates (subject to hydrolysis) is 1. The highest BCUT2D eigenvalue weighted by Gasteiger charge is 2.15. The monoisotopic (exact) mass is 291 g/mol. The molecule has 0 aliphatic heterocycles. The van der Waals surface area contributed by atoms with Gasteiger partial charge in [0.25, 0.3) is 0 Å². The van der Waals surface area contributed by atoms with Crippen LogP contribution >= 0.6 is 0 Å². The van der Waals surface area contributed by atoms with Crippen molar-refractivity contribution in [2.45, 2.75) is 32.8 Å². The molecule has 6 nitrogen and oxygen atoms in total. The largest absolute Gasteiger partial charge is 0.479 e. The molecule has 1 rings (SSSR count). The number of hydrogen-bond acceptors (Lipinski definition) is 5. The third-order valence-corrected chi connectivity index (χ3v) is 2.22. The van der Waals surface area contributed by atoms with Crippen molar-refractivity contribution >= 4 is 11.8 Å². The normalized spacial score (nSPS) is 10.3. The molecule has 1 amide bonds. The summed E-state index contributed by atoms with van der Waals surface area (Å²) in [5, 5.41) is 2.63. The van der Waals surface area contributed by atoms with Crippen LogP contribution in [0.2, 0.25) is 0 Å². The van der Waals surface area contributed by atoms with Crippen LogP contribution in [-0.4, -0.2) is 30.3 Å². The van der Waals surface area contributed by atoms with E-state index in [2.05, 4.69) is 22.1 Å². The summed E-state index contributed by atoms with van der Waals surface area (Å²) >= 11 is 0. The molecule has 0 atom stereocenters. The van der Waals surface area contributed by atoms with Crippen molar-refractivity contribution in [2.24, 2.45) is 0 Å². The lowest BCUT2D eigenvalue weighted by molar-refractivity contribution is 0.0529. The van der Waals surface area contributed by atoms with E-state index in [9.17, 15) is 4.79 Å². The molecule has 114 valence electrons. The number of anilines is 1. The number of carbonyl (C=O) groups excluding carboxylic acids is 1. The van der Waals surface area contributed by atoms with Crippen molar-refractivity contribution in [1.82, 2.24) is 10.3 Å². The van der Waals surface area contributed by atoms with E-state index in [4.69, 9.17) is 15.2 Å². The van der Waals surface area contributed by atoms with Gasteiger partial charge in [-0.25, -0.2) is 9.78 Å². The molecule has 0 aromatic carbocycles. The van der Waals surface area contributed by atoms with E-state index in [1.807, 2.05) is 20.8 Å². The van der Waals surface area contributed by atoms with Gasteiger partial charge in [0.05, 0.1) is 12.8 Å². The lowest BCUT2D eigenvalue weighted by Gasteiger charge is -2.19. The Balaban J connectivity index is 2.42. The number of nitrogens with two attached hydrogens (primary N) is 1. The summed E-state index contributed by atoms with van der Waals surface area (Å²) < 4.78 is 10.1. The van der Waals surface area contributed by atoms with Gasteiger partial charge >= 0.3 is 6.09 Å². The highest BCUT2D eigenvalue weighted by molar-refractivity contribution is 5.67. The van der Waals surface area contributed by atoms with Crippen molar-refractivity contribution in [3.05, 3.63) is 17.8 Å². The van der Waals surface area contributed by atoms with Gasteiger partial charge in [-0.05, 0) is 38.8 Å². The number of hydrogen-bond donors (Lipinski definition) is 2. The van der Waals surface area contributed by atoms with Crippen LogP contribution in [0.25, 0.3) is 0 Å². The van der Waals surface area contributed by atoms with Crippen LogP contribution in [-0.2, 0) is 4.74 Å². The lowest BCUT2D eigenvalue weighted by atomic mass is 10.2. The van der Waals surface area contributed by atoms with Gasteiger partial charge in [-0.3, -0.25) is 0 Å². The summed E-state index contributed by atoms with van der Waals surface area (Å²) in [4.78, 5) is 15.5. The molecule has 6 heteroatoms. The Labute approximate surface area is 125 Å². The molecule has 0 aliphatic carbocycles. The van der Waals surface area contributed by atoms with E-state index in [-0.39, 0.29) is 0 Å². The standard InChI is InChI=1S/C15H21N3O3/c1-15(2,3)21-14(19)17-10-6-5-7-11-8-9-12(16)13(18-11)20-4/h8-9H,6,10,16H2,1-4H3,(H,17,19). The predicted octanol–water partition coefficient (Wildman–Crippen LogP) is 1.94. The molecule has 1 aromatic heterocycles. The number of ether oxygens (including phenoxy) is 2. The van der Waals surface area contributed by atoms with Crippen LogP contribution in [0.3, 0.4) is 0 Å². The second kappa shape index (κ2) is 7.39. The van der Waals surface area contributed by atoms with Gasteiger partial charge in [0.1, 0.15) is 11.3 Å². The van der Waals surface area contributed by atoms with E-state index >= 15 is 0 Å². The minimum atomic E-state index is -0.500. The van der Waals surface area contributed by atoms with Crippen molar-refractivity contribution in [3.63, 3.8) is 0 Å². The fraction of sp³-hybridized carbons (Fsp3) is 0.467. The van der Waals surface area contributed by atoms with Crippen LogP contribution in [0, 0.1) is 11.8 Å². The lowest BCUT2D eigenvalue weighted by Crippen LogP contribution is -2.32. The third-order valence-electron chi connectivity index (χ3n) is 2.22. The molecule has 0 fully saturated rings. The highest BCUT2D eigenvalue weighted by atomic mass is 16.6. The summed E-state index contributed by atoms with van der Waals surface area (Å²) in [5.74, 6) is 6.15. The third kappa shape index (κ3) is 6.52. The van der Waals surface area contributed by atoms with Crippen molar-refractivity contribution in [2.75, 3.05) is 19.4 Å². The van der Waals surface area contributed by atoms with E-state index in [0.29, 0.717) is 30.2 Å². The maximum Gasteiger partial charge on any atom is 0.407 e. The average Bonchev–Trinajstić information content (AvgIpc) is 2.38. The zero-order valence-corrected chi connectivity index (χ0v) is 12.8. The number of methoxy groups -OCH3 is 1. The van der Waals surface area contributed by atoms with Gasteiger partial charge in [0.2, 0.25) is 5.88 Å². The number of aromatic nitrogens is 1. The van der Waals surface area contributed by atoms with Crippen molar-refractivity contribution in [1.29, 1.82) is 0 Å². The molecular formula is C15H21N3O3. The van der Waals surface area contributed by atoms with Crippen LogP contribution in [0.15, 0.2) is 12.1 Å². The SMILES string of the molecule is COc1nc(C#CCCNC(=O)OC(C)(C)C)ccc1N. The molecule has 0 aliphatic rings. The van der Waals surface area contributed by atoms with E-state index < -0.39 is 11.7 Å². The molecule has 0 saturated carbocycles. The second-order valence-corrected chi connectivity index (χ2v) is 5.28. The zero-order chi connectivity index (χ0) is 15.9. The van der Waals surface area contributed by atoms with Crippen molar-refractivity contribution < 1.29 is 14.3 Å². The minimum absolute atomic E-state index is 0.355. The van der Waals surface area contributed by atoms with Gasteiger partial charge in [0.15, 0.2) is 0 Å². The van der Waals surface area contributed by atoms with Gasteiger partial charge in [-0.15, -0.1) is 0 Å².